The van der Waals surface area contributed by atoms with Crippen LogP contribution in [-0.2, 0) is 27.1 Å². The molecule has 13 heteroatoms. The van der Waals surface area contributed by atoms with Crippen LogP contribution in [0.4, 0.5) is 24.5 Å². The van der Waals surface area contributed by atoms with Crippen LogP contribution in [0.25, 0.3) is 0 Å². The fourth-order valence-electron chi connectivity index (χ4n) is 5.29. The molecular formula is C29H19ClF3N3O4S2. The Morgan fingerprint density at radius 2 is 1.57 bits per heavy atom. The van der Waals surface area contributed by atoms with Gasteiger partial charge in [-0.1, -0.05) is 77.2 Å². The lowest BCUT2D eigenvalue weighted by Gasteiger charge is -2.30. The lowest BCUT2D eigenvalue weighted by molar-refractivity contribution is -0.137. The molecule has 42 heavy (non-hydrogen) atoms. The number of alkyl halides is 3. The quantitative estimate of drug-likeness (QED) is 0.273. The summed E-state index contributed by atoms with van der Waals surface area (Å²) in [5.74, 6) is -3.25. The van der Waals surface area contributed by atoms with Gasteiger partial charge in [0.2, 0.25) is 17.7 Å². The highest BCUT2D eigenvalue weighted by Crippen LogP contribution is 2.54. The predicted octanol–water partition coefficient (Wildman–Crippen LogP) is 6.02. The van der Waals surface area contributed by atoms with E-state index in [2.05, 4.69) is 5.32 Å². The van der Waals surface area contributed by atoms with Crippen LogP contribution >= 0.6 is 34.7 Å². The predicted molar refractivity (Wildman–Crippen MR) is 154 cm³/mol. The summed E-state index contributed by atoms with van der Waals surface area (Å²) in [5.41, 5.74) is -0.382. The monoisotopic (exact) mass is 629 g/mol. The molecule has 4 aromatic rings. The van der Waals surface area contributed by atoms with E-state index < -0.39 is 63.7 Å². The number of nitrogens with zero attached hydrogens (tertiary/aromatic N) is 2. The molecule has 0 aliphatic carbocycles. The zero-order chi connectivity index (χ0) is 29.8. The van der Waals surface area contributed by atoms with Crippen molar-refractivity contribution in [3.05, 3.63) is 110 Å². The third-order valence-electron chi connectivity index (χ3n) is 7.10. The van der Waals surface area contributed by atoms with Crippen molar-refractivity contribution in [3.8, 4) is 0 Å². The number of amides is 3. The van der Waals surface area contributed by atoms with Crippen molar-refractivity contribution in [2.45, 2.75) is 28.9 Å². The number of hydrogen-bond donors (Lipinski definition) is 1. The molecule has 0 radical (unpaired) electrons. The molecule has 2 aliphatic rings. The van der Waals surface area contributed by atoms with E-state index in [1.807, 2.05) is 0 Å². The van der Waals surface area contributed by atoms with Gasteiger partial charge in [-0.25, -0.2) is 4.90 Å². The van der Waals surface area contributed by atoms with Crippen LogP contribution in [0, 0.1) is 5.92 Å². The molecular weight excluding hydrogens is 611 g/mol. The van der Waals surface area contributed by atoms with E-state index in [9.17, 15) is 32.3 Å². The Kier molecular flexibility index (Phi) is 7.24. The third-order valence-corrected chi connectivity index (χ3v) is 9.96. The number of benzene rings is 3. The second kappa shape index (κ2) is 10.8. The van der Waals surface area contributed by atoms with Crippen molar-refractivity contribution in [1.82, 2.24) is 4.57 Å². The maximum atomic E-state index is 13.8. The number of imide groups is 1. The van der Waals surface area contributed by atoms with E-state index in [0.29, 0.717) is 26.2 Å². The number of para-hydroxylation sites is 2. The standard InChI is InChI=1S/C29H19ClF3N3O4S2/c30-16-12-10-15(11-13-16)21-22-23(26(39)36(25(22)38)17-6-2-1-3-7-17)41-27-24(21)42-28(40)35(27)14-20(37)34-19-9-5-4-8-18(19)29(31,32)33/h1-13,21-23H,14H2,(H,34,37). The number of rotatable bonds is 5. The SMILES string of the molecule is O=C(Cn1c2c(sc1=O)C(c1ccc(Cl)cc1)C1C(=O)N(c3ccccc3)C(=O)C1S2)Nc1ccccc1C(F)(F)F. The lowest BCUT2D eigenvalue weighted by Crippen LogP contribution is -2.33. The van der Waals surface area contributed by atoms with Gasteiger partial charge in [-0.3, -0.25) is 23.7 Å². The highest BCUT2D eigenvalue weighted by molar-refractivity contribution is 8.00. The van der Waals surface area contributed by atoms with Crippen LogP contribution in [0.15, 0.2) is 88.7 Å². The fraction of sp³-hybridized carbons (Fsp3) is 0.172. The number of fused-ring (bicyclic) bond motifs is 2. The minimum absolute atomic E-state index is 0.321. The zero-order valence-corrected chi connectivity index (χ0v) is 23.7. The number of halogens is 4. The maximum absolute atomic E-state index is 13.8. The number of hydrogen-bond acceptors (Lipinski definition) is 6. The van der Waals surface area contributed by atoms with Gasteiger partial charge < -0.3 is 5.32 Å². The average molecular weight is 630 g/mol. The molecule has 0 bridgehead atoms. The normalized spacial score (nSPS) is 19.9. The van der Waals surface area contributed by atoms with Crippen molar-refractivity contribution >= 4 is 63.8 Å². The van der Waals surface area contributed by atoms with E-state index in [4.69, 9.17) is 11.6 Å². The molecule has 3 atom stereocenters. The molecule has 3 unspecified atom stereocenters. The highest BCUT2D eigenvalue weighted by Gasteiger charge is 2.56. The number of carbonyl (C=O) groups excluding carboxylic acids is 3. The number of thioether (sulfide) groups is 1. The first-order chi connectivity index (χ1) is 20.0. The molecule has 214 valence electrons. The summed E-state index contributed by atoms with van der Waals surface area (Å²) < 4.78 is 41.5. The van der Waals surface area contributed by atoms with Crippen LogP contribution in [0.1, 0.15) is 21.9 Å². The molecule has 1 saturated heterocycles. The number of anilines is 2. The molecule has 3 aromatic carbocycles. The molecule has 1 N–H and O–H groups in total. The minimum Gasteiger partial charge on any atom is -0.324 e. The van der Waals surface area contributed by atoms with E-state index in [-0.39, 0.29) is 0 Å². The molecule has 3 heterocycles. The van der Waals surface area contributed by atoms with Gasteiger partial charge in [0, 0.05) is 15.8 Å². The summed E-state index contributed by atoms with van der Waals surface area (Å²) in [5, 5.41) is 2.14. The molecule has 1 aromatic heterocycles. The molecule has 3 amide bonds. The molecule has 0 spiro atoms. The first-order valence-electron chi connectivity index (χ1n) is 12.6. The Morgan fingerprint density at radius 1 is 0.905 bits per heavy atom. The number of nitrogens with one attached hydrogen (secondary N) is 1. The van der Waals surface area contributed by atoms with Gasteiger partial charge in [0.05, 0.1) is 27.9 Å². The van der Waals surface area contributed by atoms with E-state index in [1.54, 1.807) is 54.6 Å². The number of aromatic nitrogens is 1. The Hall–Kier alpha value is -3.87. The Morgan fingerprint density at radius 3 is 2.26 bits per heavy atom. The van der Waals surface area contributed by atoms with Crippen molar-refractivity contribution < 1.29 is 27.6 Å². The van der Waals surface area contributed by atoms with Crippen molar-refractivity contribution in [1.29, 1.82) is 0 Å². The smallest absolute Gasteiger partial charge is 0.324 e. The van der Waals surface area contributed by atoms with Gasteiger partial charge in [-0.05, 0) is 42.0 Å². The first-order valence-corrected chi connectivity index (χ1v) is 14.7. The van der Waals surface area contributed by atoms with Crippen LogP contribution in [-0.4, -0.2) is 27.5 Å². The van der Waals surface area contributed by atoms with Gasteiger partial charge >= 0.3 is 11.0 Å². The summed E-state index contributed by atoms with van der Waals surface area (Å²) in [6.07, 6.45) is -4.70. The summed E-state index contributed by atoms with van der Waals surface area (Å²) in [6, 6.07) is 19.8. The van der Waals surface area contributed by atoms with Gasteiger partial charge in [0.15, 0.2) is 0 Å². The topological polar surface area (TPSA) is 88.5 Å². The van der Waals surface area contributed by atoms with Crippen LogP contribution in [0.3, 0.4) is 0 Å². The van der Waals surface area contributed by atoms with Crippen LogP contribution < -0.4 is 15.1 Å². The summed E-state index contributed by atoms with van der Waals surface area (Å²) >= 11 is 7.97. The summed E-state index contributed by atoms with van der Waals surface area (Å²) in [6.45, 7) is -0.584. The molecule has 1 fully saturated rings. The zero-order valence-electron chi connectivity index (χ0n) is 21.3. The largest absolute Gasteiger partial charge is 0.418 e. The van der Waals surface area contributed by atoms with Gasteiger partial charge in [0.1, 0.15) is 11.8 Å². The lowest BCUT2D eigenvalue weighted by atomic mass is 9.83. The van der Waals surface area contributed by atoms with E-state index in [1.165, 1.54) is 12.1 Å². The Bertz CT molecular complexity index is 1770. The van der Waals surface area contributed by atoms with Gasteiger partial charge in [-0.15, -0.1) is 0 Å². The number of thiazole rings is 1. The van der Waals surface area contributed by atoms with Crippen LogP contribution in [0.5, 0.6) is 0 Å². The van der Waals surface area contributed by atoms with Crippen molar-refractivity contribution in [2.24, 2.45) is 5.92 Å². The van der Waals surface area contributed by atoms with Gasteiger partial charge in [-0.2, -0.15) is 13.2 Å². The van der Waals surface area contributed by atoms with E-state index in [0.717, 1.165) is 44.7 Å². The first kappa shape index (κ1) is 28.3. The highest BCUT2D eigenvalue weighted by atomic mass is 35.5. The second-order valence-electron chi connectivity index (χ2n) is 9.66. The Labute approximate surface area is 249 Å². The van der Waals surface area contributed by atoms with Gasteiger partial charge in [0.25, 0.3) is 0 Å². The van der Waals surface area contributed by atoms with Crippen molar-refractivity contribution in [3.63, 3.8) is 0 Å². The molecule has 0 saturated carbocycles. The maximum Gasteiger partial charge on any atom is 0.418 e. The molecule has 7 nitrogen and oxygen atoms in total. The molecule has 2 aliphatic heterocycles. The summed E-state index contributed by atoms with van der Waals surface area (Å²) in [4.78, 5) is 54.8. The van der Waals surface area contributed by atoms with E-state index >= 15 is 0 Å². The minimum atomic E-state index is -4.70. The summed E-state index contributed by atoms with van der Waals surface area (Å²) in [7, 11) is 0. The third kappa shape index (κ3) is 4.93. The fourth-order valence-corrected chi connectivity index (χ4v) is 8.19. The second-order valence-corrected chi connectivity index (χ2v) is 12.2. The van der Waals surface area contributed by atoms with Crippen molar-refractivity contribution in [2.75, 3.05) is 10.2 Å². The Balaban J connectivity index is 1.40. The molecule has 6 rings (SSSR count). The average Bonchev–Trinajstić information content (AvgIpc) is 3.40. The van der Waals surface area contributed by atoms with Crippen LogP contribution in [0.2, 0.25) is 5.02 Å². The number of carbonyl (C=O) groups is 3.